The van der Waals surface area contributed by atoms with Crippen LogP contribution in [0.2, 0.25) is 5.02 Å². The molecule has 9 heteroatoms. The van der Waals surface area contributed by atoms with Crippen LogP contribution < -0.4 is 15.5 Å². The highest BCUT2D eigenvalue weighted by molar-refractivity contribution is 6.34. The minimum atomic E-state index is -0.409. The quantitative estimate of drug-likeness (QED) is 0.671. The third-order valence-corrected chi connectivity index (χ3v) is 5.11. The van der Waals surface area contributed by atoms with E-state index in [1.54, 1.807) is 28.9 Å². The summed E-state index contributed by atoms with van der Waals surface area (Å²) in [6.07, 6.45) is 0. The van der Waals surface area contributed by atoms with Gasteiger partial charge in [-0.1, -0.05) is 11.6 Å². The zero-order valence-corrected chi connectivity index (χ0v) is 17.4. The van der Waals surface area contributed by atoms with Crippen LogP contribution >= 0.6 is 11.6 Å². The van der Waals surface area contributed by atoms with E-state index < -0.39 is 5.91 Å². The summed E-state index contributed by atoms with van der Waals surface area (Å²) in [6, 6.07) is 12.6. The fourth-order valence-electron chi connectivity index (χ4n) is 3.37. The molecular weight excluding hydrogens is 404 g/mol. The molecule has 0 radical (unpaired) electrons. The number of amides is 2. The second-order valence-electron chi connectivity index (χ2n) is 7.11. The van der Waals surface area contributed by atoms with Crippen molar-refractivity contribution in [3.05, 3.63) is 64.6 Å². The number of carbonyl (C=O) groups excluding carboxylic acids is 2. The second-order valence-corrected chi connectivity index (χ2v) is 7.52. The lowest BCUT2D eigenvalue weighted by Crippen LogP contribution is -2.47. The smallest absolute Gasteiger partial charge is 0.275 e. The predicted octanol–water partition coefficient (Wildman–Crippen LogP) is 2.73. The van der Waals surface area contributed by atoms with Gasteiger partial charge in [0.25, 0.3) is 5.91 Å². The van der Waals surface area contributed by atoms with Crippen molar-refractivity contribution in [1.82, 2.24) is 20.1 Å². The van der Waals surface area contributed by atoms with E-state index in [2.05, 4.69) is 20.7 Å². The Morgan fingerprint density at radius 1 is 1.17 bits per heavy atom. The standard InChI is InChI=1S/C21H21ClN6O2/c1-13-11-14(2)28(26-13)18-8-7-17(22)20(25-18)21(30)24-15-3-5-16(6-4-15)27-10-9-23-19(29)12-27/h3-8,11H,9-10,12H2,1-2H3,(H,23,29)(H,24,30). The fourth-order valence-corrected chi connectivity index (χ4v) is 3.57. The highest BCUT2D eigenvalue weighted by Crippen LogP contribution is 2.21. The Labute approximate surface area is 178 Å². The first-order chi connectivity index (χ1) is 14.4. The average Bonchev–Trinajstić information content (AvgIpc) is 3.07. The van der Waals surface area contributed by atoms with Crippen LogP contribution in [-0.2, 0) is 4.79 Å². The summed E-state index contributed by atoms with van der Waals surface area (Å²) in [5.74, 6) is 0.115. The van der Waals surface area contributed by atoms with Gasteiger partial charge in [0.2, 0.25) is 5.91 Å². The zero-order chi connectivity index (χ0) is 21.3. The van der Waals surface area contributed by atoms with Gasteiger partial charge in [-0.2, -0.15) is 5.10 Å². The second kappa shape index (κ2) is 8.16. The summed E-state index contributed by atoms with van der Waals surface area (Å²) in [5, 5.41) is 10.3. The first-order valence-corrected chi connectivity index (χ1v) is 9.92. The molecule has 2 amide bonds. The Hall–Kier alpha value is -3.39. The van der Waals surface area contributed by atoms with E-state index >= 15 is 0 Å². The van der Waals surface area contributed by atoms with Crippen LogP contribution in [0.25, 0.3) is 5.82 Å². The van der Waals surface area contributed by atoms with Crippen LogP contribution in [0.1, 0.15) is 21.9 Å². The molecule has 1 saturated heterocycles. The average molecular weight is 425 g/mol. The number of hydrogen-bond acceptors (Lipinski definition) is 5. The number of rotatable bonds is 4. The number of nitrogens with one attached hydrogen (secondary N) is 2. The van der Waals surface area contributed by atoms with Crippen LogP contribution in [0.5, 0.6) is 0 Å². The molecule has 3 aromatic rings. The van der Waals surface area contributed by atoms with Crippen molar-refractivity contribution in [2.24, 2.45) is 0 Å². The molecule has 4 rings (SSSR count). The molecule has 154 valence electrons. The molecule has 1 aliphatic rings. The summed E-state index contributed by atoms with van der Waals surface area (Å²) < 4.78 is 1.67. The van der Waals surface area contributed by atoms with Gasteiger partial charge in [-0.05, 0) is 56.3 Å². The van der Waals surface area contributed by atoms with Gasteiger partial charge in [-0.15, -0.1) is 0 Å². The van der Waals surface area contributed by atoms with E-state index in [1.807, 2.05) is 36.9 Å². The molecule has 30 heavy (non-hydrogen) atoms. The maximum Gasteiger partial charge on any atom is 0.275 e. The highest BCUT2D eigenvalue weighted by Gasteiger charge is 2.18. The molecular formula is C21H21ClN6O2. The van der Waals surface area contributed by atoms with E-state index in [9.17, 15) is 9.59 Å². The van der Waals surface area contributed by atoms with Gasteiger partial charge in [-0.25, -0.2) is 9.67 Å². The number of carbonyl (C=O) groups is 2. The highest BCUT2D eigenvalue weighted by atomic mass is 35.5. The van der Waals surface area contributed by atoms with E-state index in [1.165, 1.54) is 0 Å². The summed E-state index contributed by atoms with van der Waals surface area (Å²) in [7, 11) is 0. The fraction of sp³-hybridized carbons (Fsp3) is 0.238. The SMILES string of the molecule is Cc1cc(C)n(-c2ccc(Cl)c(C(=O)Nc3ccc(N4CCNC(=O)C4)cc3)n2)n1. The monoisotopic (exact) mass is 424 g/mol. The molecule has 2 aromatic heterocycles. The minimum absolute atomic E-state index is 0.00170. The molecule has 3 heterocycles. The molecule has 0 spiro atoms. The first kappa shape index (κ1) is 19.9. The Balaban J connectivity index is 1.52. The van der Waals surface area contributed by atoms with E-state index in [-0.39, 0.29) is 16.6 Å². The molecule has 0 unspecified atom stereocenters. The number of aryl methyl sites for hydroxylation is 2. The van der Waals surface area contributed by atoms with Crippen molar-refractivity contribution in [2.45, 2.75) is 13.8 Å². The van der Waals surface area contributed by atoms with E-state index in [0.29, 0.717) is 24.6 Å². The maximum absolute atomic E-state index is 12.8. The summed E-state index contributed by atoms with van der Waals surface area (Å²) in [4.78, 5) is 30.8. The Kier molecular flexibility index (Phi) is 5.41. The Morgan fingerprint density at radius 2 is 1.93 bits per heavy atom. The number of aromatic nitrogens is 3. The number of anilines is 2. The third kappa shape index (κ3) is 4.13. The van der Waals surface area contributed by atoms with Crippen molar-refractivity contribution >= 4 is 34.8 Å². The molecule has 1 aromatic carbocycles. The first-order valence-electron chi connectivity index (χ1n) is 9.54. The van der Waals surface area contributed by atoms with Crippen LogP contribution in [0.15, 0.2) is 42.5 Å². The Bertz CT molecular complexity index is 1110. The topological polar surface area (TPSA) is 92.2 Å². The van der Waals surface area contributed by atoms with Crippen molar-refractivity contribution in [3.8, 4) is 5.82 Å². The minimum Gasteiger partial charge on any atom is -0.360 e. The van der Waals surface area contributed by atoms with Gasteiger partial charge in [0, 0.05) is 30.2 Å². The molecule has 0 aliphatic carbocycles. The van der Waals surface area contributed by atoms with Crippen LogP contribution in [0.3, 0.4) is 0 Å². The molecule has 1 aliphatic heterocycles. The van der Waals surface area contributed by atoms with Gasteiger partial charge in [0.15, 0.2) is 5.82 Å². The van der Waals surface area contributed by atoms with Crippen LogP contribution in [0, 0.1) is 13.8 Å². The normalized spacial score (nSPS) is 13.8. The lowest BCUT2D eigenvalue weighted by Gasteiger charge is -2.28. The summed E-state index contributed by atoms with van der Waals surface area (Å²) in [6.45, 7) is 5.50. The lowest BCUT2D eigenvalue weighted by molar-refractivity contribution is -0.120. The number of hydrogen-bond donors (Lipinski definition) is 2. The lowest BCUT2D eigenvalue weighted by atomic mass is 10.2. The van der Waals surface area contributed by atoms with Gasteiger partial charge in [0.05, 0.1) is 17.3 Å². The number of pyridine rings is 1. The number of piperazine rings is 1. The number of halogens is 1. The molecule has 0 saturated carbocycles. The van der Waals surface area contributed by atoms with E-state index in [0.717, 1.165) is 23.6 Å². The van der Waals surface area contributed by atoms with Gasteiger partial charge in [-0.3, -0.25) is 9.59 Å². The third-order valence-electron chi connectivity index (χ3n) is 4.80. The van der Waals surface area contributed by atoms with Crippen LogP contribution in [0.4, 0.5) is 11.4 Å². The van der Waals surface area contributed by atoms with Crippen molar-refractivity contribution in [1.29, 1.82) is 0 Å². The van der Waals surface area contributed by atoms with Crippen molar-refractivity contribution in [3.63, 3.8) is 0 Å². The molecule has 2 N–H and O–H groups in total. The predicted molar refractivity (Wildman–Crippen MR) is 115 cm³/mol. The maximum atomic E-state index is 12.8. The molecule has 1 fully saturated rings. The largest absolute Gasteiger partial charge is 0.360 e. The van der Waals surface area contributed by atoms with Gasteiger partial charge in [0.1, 0.15) is 5.69 Å². The summed E-state index contributed by atoms with van der Waals surface area (Å²) in [5.41, 5.74) is 3.43. The zero-order valence-electron chi connectivity index (χ0n) is 16.6. The van der Waals surface area contributed by atoms with E-state index in [4.69, 9.17) is 11.6 Å². The van der Waals surface area contributed by atoms with Gasteiger partial charge >= 0.3 is 0 Å². The summed E-state index contributed by atoms with van der Waals surface area (Å²) >= 11 is 6.23. The molecule has 0 bridgehead atoms. The molecule has 8 nitrogen and oxygen atoms in total. The van der Waals surface area contributed by atoms with Gasteiger partial charge < -0.3 is 15.5 Å². The molecule has 0 atom stereocenters. The number of nitrogens with zero attached hydrogens (tertiary/aromatic N) is 4. The van der Waals surface area contributed by atoms with Crippen molar-refractivity contribution < 1.29 is 9.59 Å². The Morgan fingerprint density at radius 3 is 2.60 bits per heavy atom. The van der Waals surface area contributed by atoms with Crippen molar-refractivity contribution in [2.75, 3.05) is 29.9 Å². The number of benzene rings is 1. The van der Waals surface area contributed by atoms with Crippen LogP contribution in [-0.4, -0.2) is 46.2 Å².